The van der Waals surface area contributed by atoms with Crippen LogP contribution in [0.5, 0.6) is 0 Å². The monoisotopic (exact) mass is 334 g/mol. The largest absolute Gasteiger partial charge is 0.456 e. The van der Waals surface area contributed by atoms with E-state index in [1.165, 1.54) is 38.1 Å². The highest BCUT2D eigenvalue weighted by atomic mass is 16.6. The van der Waals surface area contributed by atoms with Crippen LogP contribution in [0.3, 0.4) is 0 Å². The quantitative estimate of drug-likeness (QED) is 0.302. The van der Waals surface area contributed by atoms with Crippen LogP contribution in [0.25, 0.3) is 0 Å². The zero-order valence-electron chi connectivity index (χ0n) is 13.5. The number of ether oxygens (including phenoxy) is 1. The summed E-state index contributed by atoms with van der Waals surface area (Å²) in [5.74, 6) is -1.15. The number of esters is 1. The first-order valence-corrected chi connectivity index (χ1v) is 6.91. The van der Waals surface area contributed by atoms with Crippen LogP contribution in [0.2, 0.25) is 0 Å². The van der Waals surface area contributed by atoms with Gasteiger partial charge in [0.1, 0.15) is 0 Å². The van der Waals surface area contributed by atoms with Crippen LogP contribution in [0.1, 0.15) is 20.8 Å². The maximum Gasteiger partial charge on any atom is 0.303 e. The van der Waals surface area contributed by atoms with Gasteiger partial charge in [-0.15, -0.1) is 0 Å². The number of carbonyl (C=O) groups excluding carboxylic acids is 2. The molecular formula is C15H18N4O5. The Morgan fingerprint density at radius 3 is 2.25 bits per heavy atom. The first-order chi connectivity index (χ1) is 11.2. The van der Waals surface area contributed by atoms with E-state index in [1.807, 2.05) is 0 Å². The summed E-state index contributed by atoms with van der Waals surface area (Å²) >= 11 is 0. The molecule has 0 aliphatic carbocycles. The third kappa shape index (κ3) is 5.87. The lowest BCUT2D eigenvalue weighted by Gasteiger charge is -2.14. The zero-order chi connectivity index (χ0) is 18.3. The molecule has 9 heteroatoms. The fourth-order valence-corrected chi connectivity index (χ4v) is 1.76. The number of nitrogens with zero attached hydrogens (tertiary/aromatic N) is 1. The minimum absolute atomic E-state index is 0.0414. The van der Waals surface area contributed by atoms with Crippen molar-refractivity contribution in [2.45, 2.75) is 20.8 Å². The van der Waals surface area contributed by atoms with Gasteiger partial charge < -0.3 is 20.8 Å². The van der Waals surface area contributed by atoms with Gasteiger partial charge in [0.25, 0.3) is 11.6 Å². The number of amides is 1. The number of nitro groups is 1. The number of hydrogen-bond acceptors (Lipinski definition) is 7. The fraction of sp³-hybridized carbons (Fsp3) is 0.267. The van der Waals surface area contributed by atoms with Crippen LogP contribution in [-0.2, 0) is 14.3 Å². The number of rotatable bonds is 7. The Bertz CT molecular complexity index is 694. The van der Waals surface area contributed by atoms with Gasteiger partial charge in [-0.25, -0.2) is 0 Å². The molecule has 3 N–H and O–H groups in total. The number of nitro benzene ring substituents is 1. The molecule has 0 bridgehead atoms. The molecule has 24 heavy (non-hydrogen) atoms. The Labute approximate surface area is 138 Å². The molecule has 0 saturated heterocycles. The molecule has 9 nitrogen and oxygen atoms in total. The average Bonchev–Trinajstić information content (AvgIpc) is 2.50. The van der Waals surface area contributed by atoms with Crippen LogP contribution in [0, 0.1) is 15.5 Å². The molecule has 0 unspecified atom stereocenters. The first-order valence-electron chi connectivity index (χ1n) is 6.91. The Kier molecular flexibility index (Phi) is 6.60. The molecule has 0 radical (unpaired) electrons. The van der Waals surface area contributed by atoms with E-state index in [0.29, 0.717) is 11.4 Å². The summed E-state index contributed by atoms with van der Waals surface area (Å²) in [4.78, 5) is 32.5. The number of hydrogen-bond donors (Lipinski definition) is 3. The van der Waals surface area contributed by atoms with Gasteiger partial charge in [-0.1, -0.05) is 0 Å². The first kappa shape index (κ1) is 18.8. The van der Waals surface area contributed by atoms with E-state index in [-0.39, 0.29) is 17.1 Å². The van der Waals surface area contributed by atoms with Gasteiger partial charge in [0.15, 0.2) is 6.61 Å². The standard InChI is InChI=1S/C15H18N4O5/c1-9(16)15(18-14(21)8-24-11(3)20)10(2)17-12-4-6-13(7-5-12)19(22)23/h4-7,16-17H,8H2,1-3H3,(H,18,21)/b15-10+,16-9?. The third-order valence-electron chi connectivity index (χ3n) is 2.83. The van der Waals surface area contributed by atoms with Crippen molar-refractivity contribution < 1.29 is 19.2 Å². The van der Waals surface area contributed by atoms with Crippen molar-refractivity contribution in [1.82, 2.24) is 5.32 Å². The minimum atomic E-state index is -0.581. The molecule has 0 atom stereocenters. The average molecular weight is 334 g/mol. The van der Waals surface area contributed by atoms with Crippen molar-refractivity contribution in [3.05, 3.63) is 45.8 Å². The maximum atomic E-state index is 11.7. The SMILES string of the molecule is CC(=N)/C(NC(=O)COC(C)=O)=C(/C)Nc1ccc([N+](=O)[O-])cc1. The lowest BCUT2D eigenvalue weighted by molar-refractivity contribution is -0.384. The molecule has 1 rings (SSSR count). The predicted octanol–water partition coefficient (Wildman–Crippen LogP) is 1.96. The number of benzene rings is 1. The van der Waals surface area contributed by atoms with Crippen LogP contribution < -0.4 is 10.6 Å². The zero-order valence-corrected chi connectivity index (χ0v) is 13.5. The van der Waals surface area contributed by atoms with Crippen molar-refractivity contribution in [1.29, 1.82) is 5.41 Å². The lowest BCUT2D eigenvalue weighted by Crippen LogP contribution is -2.32. The molecule has 128 valence electrons. The highest BCUT2D eigenvalue weighted by Gasteiger charge is 2.12. The van der Waals surface area contributed by atoms with E-state index >= 15 is 0 Å². The van der Waals surface area contributed by atoms with Gasteiger partial charge in [0, 0.05) is 30.4 Å². The Balaban J connectivity index is 2.87. The molecule has 0 aliphatic heterocycles. The van der Waals surface area contributed by atoms with Crippen LogP contribution in [0.4, 0.5) is 11.4 Å². The van der Waals surface area contributed by atoms with Crippen LogP contribution in [-0.4, -0.2) is 29.1 Å². The Morgan fingerprint density at radius 1 is 1.21 bits per heavy atom. The number of carbonyl (C=O) groups is 2. The van der Waals surface area contributed by atoms with Crippen molar-refractivity contribution in [3.63, 3.8) is 0 Å². The van der Waals surface area contributed by atoms with Crippen molar-refractivity contribution in [3.8, 4) is 0 Å². The second kappa shape index (κ2) is 8.42. The maximum absolute atomic E-state index is 11.7. The molecule has 0 fully saturated rings. The van der Waals surface area contributed by atoms with E-state index in [0.717, 1.165) is 0 Å². The molecule has 1 aromatic carbocycles. The van der Waals surface area contributed by atoms with Gasteiger partial charge in [0.05, 0.1) is 16.3 Å². The summed E-state index contributed by atoms with van der Waals surface area (Å²) in [7, 11) is 0. The van der Waals surface area contributed by atoms with Gasteiger partial charge >= 0.3 is 5.97 Å². The summed E-state index contributed by atoms with van der Waals surface area (Å²) in [6, 6.07) is 5.70. The Morgan fingerprint density at radius 2 is 1.79 bits per heavy atom. The van der Waals surface area contributed by atoms with Crippen molar-refractivity contribution in [2.75, 3.05) is 11.9 Å². The normalized spacial score (nSPS) is 11.1. The van der Waals surface area contributed by atoms with E-state index in [4.69, 9.17) is 5.41 Å². The van der Waals surface area contributed by atoms with E-state index in [9.17, 15) is 19.7 Å². The molecule has 0 saturated carbocycles. The molecule has 0 aliphatic rings. The fourth-order valence-electron chi connectivity index (χ4n) is 1.76. The summed E-state index contributed by atoms with van der Waals surface area (Å²) in [5.41, 5.74) is 1.31. The topological polar surface area (TPSA) is 134 Å². The summed E-state index contributed by atoms with van der Waals surface area (Å²) in [6.45, 7) is 3.87. The van der Waals surface area contributed by atoms with E-state index in [1.54, 1.807) is 6.92 Å². The highest BCUT2D eigenvalue weighted by molar-refractivity contribution is 6.00. The van der Waals surface area contributed by atoms with Gasteiger partial charge in [-0.05, 0) is 26.0 Å². The van der Waals surface area contributed by atoms with Crippen LogP contribution in [0.15, 0.2) is 35.7 Å². The number of nitrogens with one attached hydrogen (secondary N) is 3. The molecule has 0 aromatic heterocycles. The van der Waals surface area contributed by atoms with Crippen molar-refractivity contribution in [2.24, 2.45) is 0 Å². The van der Waals surface area contributed by atoms with E-state index < -0.39 is 23.4 Å². The molecular weight excluding hydrogens is 316 g/mol. The minimum Gasteiger partial charge on any atom is -0.456 e. The van der Waals surface area contributed by atoms with Gasteiger partial charge in [0.2, 0.25) is 0 Å². The molecule has 0 heterocycles. The highest BCUT2D eigenvalue weighted by Crippen LogP contribution is 2.17. The van der Waals surface area contributed by atoms with Gasteiger partial charge in [-0.3, -0.25) is 19.7 Å². The predicted molar refractivity (Wildman–Crippen MR) is 87.6 cm³/mol. The summed E-state index contributed by atoms with van der Waals surface area (Å²) < 4.78 is 4.59. The van der Waals surface area contributed by atoms with Crippen LogP contribution >= 0.6 is 0 Å². The summed E-state index contributed by atoms with van der Waals surface area (Å²) in [5, 5.41) is 23.8. The number of anilines is 1. The lowest BCUT2D eigenvalue weighted by atomic mass is 10.2. The Hall–Kier alpha value is -3.23. The van der Waals surface area contributed by atoms with Gasteiger partial charge in [-0.2, -0.15) is 0 Å². The second-order valence-electron chi connectivity index (χ2n) is 4.88. The second-order valence-corrected chi connectivity index (χ2v) is 4.88. The molecule has 1 amide bonds. The smallest absolute Gasteiger partial charge is 0.303 e. The summed E-state index contributed by atoms with van der Waals surface area (Å²) in [6.07, 6.45) is 0. The van der Waals surface area contributed by atoms with E-state index in [2.05, 4.69) is 15.4 Å². The number of allylic oxidation sites excluding steroid dienone is 2. The molecule has 0 spiro atoms. The van der Waals surface area contributed by atoms with Crippen molar-refractivity contribution >= 4 is 29.0 Å². The number of non-ortho nitro benzene ring substituents is 1. The molecule has 1 aromatic rings. The third-order valence-corrected chi connectivity index (χ3v) is 2.83.